The van der Waals surface area contributed by atoms with Crippen molar-refractivity contribution in [1.29, 1.82) is 0 Å². The molecule has 1 rings (SSSR count). The van der Waals surface area contributed by atoms with Crippen molar-refractivity contribution in [1.82, 2.24) is 4.98 Å². The Morgan fingerprint density at radius 3 is 2.08 bits per heavy atom. The van der Waals surface area contributed by atoms with E-state index in [0.717, 1.165) is 6.42 Å². The summed E-state index contributed by atoms with van der Waals surface area (Å²) in [6.45, 7) is 8.37. The number of rotatable bonds is 3. The molecule has 1 saturated carbocycles. The lowest BCUT2D eigenvalue weighted by molar-refractivity contribution is -0.140. The van der Waals surface area contributed by atoms with Crippen molar-refractivity contribution in [2.45, 2.75) is 38.5 Å². The second-order valence-electron chi connectivity index (χ2n) is 4.76. The number of nitrogens with one attached hydrogen (secondary N) is 1. The summed E-state index contributed by atoms with van der Waals surface area (Å²) >= 11 is 0. The Balaban J connectivity index is 2.66. The van der Waals surface area contributed by atoms with Crippen LogP contribution in [0.2, 0.25) is 19.6 Å². The lowest BCUT2D eigenvalue weighted by Crippen LogP contribution is -2.54. The molecule has 0 aromatic carbocycles. The predicted molar refractivity (Wildman–Crippen MR) is 50.6 cm³/mol. The molecule has 0 radical (unpaired) electrons. The van der Waals surface area contributed by atoms with Crippen molar-refractivity contribution in [2.75, 3.05) is 0 Å². The number of carbonyl (C=O) groups is 1. The molecule has 2 atom stereocenters. The monoisotopic (exact) mass is 187 g/mol. The quantitative estimate of drug-likeness (QED) is 0.654. The molecule has 0 spiro atoms. The van der Waals surface area contributed by atoms with Gasteiger partial charge in [-0.15, -0.1) is 0 Å². The van der Waals surface area contributed by atoms with Gasteiger partial charge in [0.05, 0.1) is 0 Å². The van der Waals surface area contributed by atoms with Crippen LogP contribution in [0.3, 0.4) is 0 Å². The van der Waals surface area contributed by atoms with Crippen LogP contribution < -0.4 is 4.98 Å². The fourth-order valence-corrected chi connectivity index (χ4v) is 3.41. The number of aliphatic carboxylic acids is 1. The molecule has 2 N–H and O–H groups in total. The SMILES string of the molecule is CC1CC1(N[Si](C)(C)C)C(=O)O. The van der Waals surface area contributed by atoms with Crippen LogP contribution in [0.1, 0.15) is 13.3 Å². The molecule has 0 heterocycles. The largest absolute Gasteiger partial charge is 0.480 e. The second-order valence-corrected chi connectivity index (χ2v) is 9.51. The molecule has 3 nitrogen and oxygen atoms in total. The Kier molecular flexibility index (Phi) is 2.08. The molecule has 0 saturated heterocycles. The van der Waals surface area contributed by atoms with E-state index >= 15 is 0 Å². The third kappa shape index (κ3) is 1.69. The third-order valence-corrected chi connectivity index (χ3v) is 3.49. The molecule has 1 fully saturated rings. The molecule has 12 heavy (non-hydrogen) atoms. The molecule has 2 unspecified atom stereocenters. The highest BCUT2D eigenvalue weighted by Gasteiger charge is 2.59. The standard InChI is InChI=1S/C8H17NO2Si/c1-6-5-8(6,7(10)11)9-12(2,3)4/h6,9H,5H2,1-4H3,(H,10,11). The second kappa shape index (κ2) is 2.57. The first-order valence-corrected chi connectivity index (χ1v) is 7.81. The maximum absolute atomic E-state index is 10.9. The molecular weight excluding hydrogens is 170 g/mol. The lowest BCUT2D eigenvalue weighted by atomic mass is 10.2. The Labute approximate surface area is 74.3 Å². The first-order valence-electron chi connectivity index (χ1n) is 4.31. The van der Waals surface area contributed by atoms with Crippen molar-refractivity contribution < 1.29 is 9.90 Å². The van der Waals surface area contributed by atoms with Crippen molar-refractivity contribution in [3.8, 4) is 0 Å². The van der Waals surface area contributed by atoms with Gasteiger partial charge in [0.2, 0.25) is 0 Å². The average molecular weight is 187 g/mol. The number of hydrogen-bond donors (Lipinski definition) is 2. The highest BCUT2D eigenvalue weighted by atomic mass is 28.3. The van der Waals surface area contributed by atoms with Crippen LogP contribution in [-0.4, -0.2) is 24.9 Å². The van der Waals surface area contributed by atoms with E-state index in [0.29, 0.717) is 5.92 Å². The number of hydrogen-bond acceptors (Lipinski definition) is 2. The molecule has 70 valence electrons. The Morgan fingerprint density at radius 2 is 2.00 bits per heavy atom. The predicted octanol–water partition coefficient (Wildman–Crippen LogP) is 1.27. The van der Waals surface area contributed by atoms with Gasteiger partial charge in [0.15, 0.2) is 0 Å². The van der Waals surface area contributed by atoms with Gasteiger partial charge in [-0.2, -0.15) is 0 Å². The Bertz CT molecular complexity index is 212. The Morgan fingerprint density at radius 1 is 1.58 bits per heavy atom. The minimum atomic E-state index is -1.47. The molecule has 1 aliphatic carbocycles. The summed E-state index contributed by atoms with van der Waals surface area (Å²) < 4.78 is 0. The third-order valence-electron chi connectivity index (χ3n) is 2.29. The van der Waals surface area contributed by atoms with Crippen LogP contribution in [0, 0.1) is 5.92 Å². The molecule has 0 bridgehead atoms. The minimum absolute atomic E-state index is 0.293. The van der Waals surface area contributed by atoms with Gasteiger partial charge in [0, 0.05) is 0 Å². The topological polar surface area (TPSA) is 49.3 Å². The fraction of sp³-hybridized carbons (Fsp3) is 0.875. The summed E-state index contributed by atoms with van der Waals surface area (Å²) in [6.07, 6.45) is 0.784. The maximum atomic E-state index is 10.9. The van der Waals surface area contributed by atoms with Gasteiger partial charge in [-0.05, 0) is 12.3 Å². The zero-order valence-electron chi connectivity index (χ0n) is 8.14. The van der Waals surface area contributed by atoms with Gasteiger partial charge in [-0.1, -0.05) is 26.6 Å². The highest BCUT2D eigenvalue weighted by Crippen LogP contribution is 2.44. The summed E-state index contributed by atoms with van der Waals surface area (Å²) in [5.74, 6) is -0.390. The molecule has 0 aromatic heterocycles. The van der Waals surface area contributed by atoms with E-state index in [1.165, 1.54) is 0 Å². The van der Waals surface area contributed by atoms with Crippen molar-refractivity contribution in [3.63, 3.8) is 0 Å². The van der Waals surface area contributed by atoms with Gasteiger partial charge in [-0.3, -0.25) is 4.79 Å². The summed E-state index contributed by atoms with van der Waals surface area (Å²) in [5, 5.41) is 9.00. The van der Waals surface area contributed by atoms with Crippen LogP contribution in [0.4, 0.5) is 0 Å². The molecule has 0 amide bonds. The van der Waals surface area contributed by atoms with Crippen molar-refractivity contribution in [2.24, 2.45) is 5.92 Å². The van der Waals surface area contributed by atoms with E-state index in [9.17, 15) is 4.79 Å². The van der Waals surface area contributed by atoms with Gasteiger partial charge >= 0.3 is 5.97 Å². The van der Waals surface area contributed by atoms with Gasteiger partial charge in [0.1, 0.15) is 13.8 Å². The first kappa shape index (κ1) is 9.73. The van der Waals surface area contributed by atoms with Gasteiger partial charge in [0.25, 0.3) is 0 Å². The van der Waals surface area contributed by atoms with Crippen molar-refractivity contribution in [3.05, 3.63) is 0 Å². The van der Waals surface area contributed by atoms with E-state index < -0.39 is 19.7 Å². The van der Waals surface area contributed by atoms with Gasteiger partial charge < -0.3 is 10.1 Å². The normalized spacial score (nSPS) is 34.8. The molecule has 1 aliphatic rings. The summed E-state index contributed by atoms with van der Waals surface area (Å²) in [7, 11) is -1.47. The zero-order valence-corrected chi connectivity index (χ0v) is 9.14. The fourth-order valence-electron chi connectivity index (χ4n) is 1.62. The van der Waals surface area contributed by atoms with E-state index in [1.807, 2.05) is 6.92 Å². The lowest BCUT2D eigenvalue weighted by Gasteiger charge is -2.24. The highest BCUT2D eigenvalue weighted by molar-refractivity contribution is 6.74. The first-order chi connectivity index (χ1) is 5.28. The van der Waals surface area contributed by atoms with Crippen molar-refractivity contribution >= 4 is 14.2 Å². The smallest absolute Gasteiger partial charge is 0.323 e. The average Bonchev–Trinajstić information content (AvgIpc) is 2.38. The van der Waals surface area contributed by atoms with E-state index in [1.54, 1.807) is 0 Å². The van der Waals surface area contributed by atoms with Crippen LogP contribution >= 0.6 is 0 Å². The molecular formula is C8H17NO2Si. The van der Waals surface area contributed by atoms with Crippen LogP contribution in [0.25, 0.3) is 0 Å². The van der Waals surface area contributed by atoms with E-state index in [-0.39, 0.29) is 0 Å². The van der Waals surface area contributed by atoms with E-state index in [4.69, 9.17) is 5.11 Å². The van der Waals surface area contributed by atoms with Crippen LogP contribution in [-0.2, 0) is 4.79 Å². The Hall–Kier alpha value is -0.353. The summed E-state index contributed by atoms with van der Waals surface area (Å²) in [6, 6.07) is 0. The summed E-state index contributed by atoms with van der Waals surface area (Å²) in [5.41, 5.74) is -0.579. The zero-order chi connectivity index (χ0) is 9.57. The molecule has 4 heteroatoms. The minimum Gasteiger partial charge on any atom is -0.480 e. The van der Waals surface area contributed by atoms with Gasteiger partial charge in [-0.25, -0.2) is 0 Å². The number of carboxylic acids is 1. The number of carboxylic acid groups (broad SMARTS) is 1. The van der Waals surface area contributed by atoms with E-state index in [2.05, 4.69) is 24.6 Å². The summed E-state index contributed by atoms with van der Waals surface area (Å²) in [4.78, 5) is 14.2. The molecule has 0 aliphatic heterocycles. The van der Waals surface area contributed by atoms with Crippen LogP contribution in [0.5, 0.6) is 0 Å². The maximum Gasteiger partial charge on any atom is 0.323 e. The molecule has 0 aromatic rings. The van der Waals surface area contributed by atoms with Crippen LogP contribution in [0.15, 0.2) is 0 Å².